The highest BCUT2D eigenvalue weighted by molar-refractivity contribution is 7.12. The highest BCUT2D eigenvalue weighted by atomic mass is 32.1. The molecule has 5 aliphatic rings. The fraction of sp³-hybridized carbons (Fsp3) is 0.600. The van der Waals surface area contributed by atoms with Gasteiger partial charge in [0, 0.05) is 39.7 Å². The zero-order valence-corrected chi connectivity index (χ0v) is 19.5. The Kier molecular flexibility index (Phi) is 4.89. The molecule has 0 saturated heterocycles. The van der Waals surface area contributed by atoms with Crippen molar-refractivity contribution in [2.45, 2.75) is 82.7 Å². The Hall–Kier alpha value is -2.32. The van der Waals surface area contributed by atoms with Crippen molar-refractivity contribution in [3.8, 4) is 11.5 Å². The van der Waals surface area contributed by atoms with Gasteiger partial charge in [0.05, 0.1) is 11.2 Å². The van der Waals surface area contributed by atoms with Crippen molar-refractivity contribution in [3.63, 3.8) is 0 Å². The third kappa shape index (κ3) is 3.67. The van der Waals surface area contributed by atoms with Crippen LogP contribution >= 0.6 is 11.3 Å². The van der Waals surface area contributed by atoms with Crippen molar-refractivity contribution in [1.29, 1.82) is 0 Å². The van der Waals surface area contributed by atoms with E-state index in [2.05, 4.69) is 10.1 Å². The summed E-state index contributed by atoms with van der Waals surface area (Å²) in [5.74, 6) is 0.563. The Morgan fingerprint density at radius 2 is 1.76 bits per heavy atom. The number of fused-ring (bicyclic) bond motifs is 3. The number of ketones is 1. The minimum Gasteiger partial charge on any atom is -0.478 e. The number of hydrogen-bond donors (Lipinski definition) is 2. The standard InChI is InChI=1S/C25H28N2O5S/c1-25(31)9-8-15-18(11-25)33-17(21(15)23-26-22(27-32-23)14-6-7-14)10-16(28)19-12-2-4-13(5-3-12)20(19)24(29)30/h12-14,31H,2-11H2,1H3,(H,29,30). The lowest BCUT2D eigenvalue weighted by Gasteiger charge is -2.38. The second-order valence-electron chi connectivity index (χ2n) is 10.5. The number of allylic oxidation sites excluding steroid dienone is 1. The number of aliphatic hydroxyl groups is 1. The van der Waals surface area contributed by atoms with E-state index in [9.17, 15) is 19.8 Å². The molecule has 7 rings (SSSR count). The van der Waals surface area contributed by atoms with Crippen LogP contribution in [0.5, 0.6) is 0 Å². The summed E-state index contributed by atoms with van der Waals surface area (Å²) in [6.45, 7) is 1.85. The lowest BCUT2D eigenvalue weighted by atomic mass is 9.65. The zero-order valence-electron chi connectivity index (χ0n) is 18.7. The zero-order chi connectivity index (χ0) is 22.9. The van der Waals surface area contributed by atoms with Crippen molar-refractivity contribution >= 4 is 23.1 Å². The molecular formula is C25H28N2O5S. The Morgan fingerprint density at radius 1 is 1.09 bits per heavy atom. The highest BCUT2D eigenvalue weighted by Crippen LogP contribution is 2.48. The maximum Gasteiger partial charge on any atom is 0.332 e. The lowest BCUT2D eigenvalue weighted by Crippen LogP contribution is -2.34. The minimum atomic E-state index is -0.944. The monoisotopic (exact) mass is 468 g/mol. The predicted molar refractivity (Wildman–Crippen MR) is 121 cm³/mol. The third-order valence-corrected chi connectivity index (χ3v) is 9.13. The van der Waals surface area contributed by atoms with E-state index in [1.165, 1.54) is 11.3 Å². The molecule has 1 unspecified atom stereocenters. The van der Waals surface area contributed by atoms with E-state index in [1.807, 2.05) is 6.92 Å². The molecule has 0 aliphatic heterocycles. The van der Waals surface area contributed by atoms with Gasteiger partial charge >= 0.3 is 5.97 Å². The average molecular weight is 469 g/mol. The van der Waals surface area contributed by atoms with Crippen molar-refractivity contribution in [3.05, 3.63) is 32.3 Å². The first kappa shape index (κ1) is 21.2. The number of carboxylic acid groups (broad SMARTS) is 1. The molecule has 2 aromatic heterocycles. The normalized spacial score (nSPS) is 28.8. The minimum absolute atomic E-state index is 0.00500. The Balaban J connectivity index is 1.40. The summed E-state index contributed by atoms with van der Waals surface area (Å²) in [7, 11) is 0. The number of rotatable bonds is 6. The van der Waals surface area contributed by atoms with E-state index in [-0.39, 0.29) is 24.0 Å². The van der Waals surface area contributed by atoms with Crippen LogP contribution in [0, 0.1) is 11.8 Å². The average Bonchev–Trinajstić information content (AvgIpc) is 3.42. The molecule has 2 N–H and O–H groups in total. The van der Waals surface area contributed by atoms with Gasteiger partial charge in [-0.05, 0) is 75.7 Å². The molecule has 1 atom stereocenters. The number of aliphatic carboxylic acids is 1. The van der Waals surface area contributed by atoms with Crippen LogP contribution in [-0.2, 0) is 28.9 Å². The SMILES string of the molecule is CC1(O)CCc2c(sc(CC(=O)C3=C(C(=O)O)C4CCC3CC4)c2-c2nc(C3CC3)no2)C1. The second-order valence-corrected chi connectivity index (χ2v) is 11.7. The van der Waals surface area contributed by atoms with Crippen LogP contribution in [0.3, 0.4) is 0 Å². The van der Waals surface area contributed by atoms with Crippen molar-refractivity contribution in [1.82, 2.24) is 10.1 Å². The first-order valence-electron chi connectivity index (χ1n) is 12.0. The first-order chi connectivity index (χ1) is 15.8. The van der Waals surface area contributed by atoms with Gasteiger partial charge < -0.3 is 14.7 Å². The molecule has 2 heterocycles. The fourth-order valence-corrected chi connectivity index (χ4v) is 7.56. The summed E-state index contributed by atoms with van der Waals surface area (Å²) in [5, 5.41) is 24.7. The van der Waals surface area contributed by atoms with Gasteiger partial charge in [-0.1, -0.05) is 5.16 Å². The van der Waals surface area contributed by atoms with Crippen LogP contribution in [-0.4, -0.2) is 37.7 Å². The van der Waals surface area contributed by atoms with Gasteiger partial charge in [-0.25, -0.2) is 4.79 Å². The summed E-state index contributed by atoms with van der Waals surface area (Å²) in [6.07, 6.45) is 7.67. The van der Waals surface area contributed by atoms with Gasteiger partial charge in [0.25, 0.3) is 5.89 Å². The number of carboxylic acids is 1. The van der Waals surface area contributed by atoms with Gasteiger partial charge in [0.1, 0.15) is 0 Å². The quantitative estimate of drug-likeness (QED) is 0.652. The molecule has 0 spiro atoms. The molecule has 0 amide bonds. The molecule has 174 valence electrons. The van der Waals surface area contributed by atoms with E-state index in [4.69, 9.17) is 4.52 Å². The number of carbonyl (C=O) groups is 2. The van der Waals surface area contributed by atoms with Crippen molar-refractivity contribution in [2.75, 3.05) is 0 Å². The number of nitrogens with zero attached hydrogens (tertiary/aromatic N) is 2. The maximum absolute atomic E-state index is 13.6. The summed E-state index contributed by atoms with van der Waals surface area (Å²) in [6, 6.07) is 0. The molecule has 2 aromatic rings. The van der Waals surface area contributed by atoms with Crippen LogP contribution in [0.25, 0.3) is 11.5 Å². The summed E-state index contributed by atoms with van der Waals surface area (Å²) in [4.78, 5) is 32.2. The van der Waals surface area contributed by atoms with Gasteiger partial charge in [-0.15, -0.1) is 11.3 Å². The van der Waals surface area contributed by atoms with Gasteiger partial charge in [-0.2, -0.15) is 4.98 Å². The lowest BCUT2D eigenvalue weighted by molar-refractivity contribution is -0.134. The Labute approximate surface area is 195 Å². The van der Waals surface area contributed by atoms with E-state index in [0.29, 0.717) is 42.2 Å². The van der Waals surface area contributed by atoms with Crippen molar-refractivity contribution < 1.29 is 24.3 Å². The topological polar surface area (TPSA) is 114 Å². The van der Waals surface area contributed by atoms with Gasteiger partial charge in [-0.3, -0.25) is 4.79 Å². The Morgan fingerprint density at radius 3 is 2.42 bits per heavy atom. The molecule has 2 saturated carbocycles. The molecule has 0 aromatic carbocycles. The molecule has 0 radical (unpaired) electrons. The van der Waals surface area contributed by atoms with Crippen LogP contribution < -0.4 is 0 Å². The molecule has 8 heteroatoms. The van der Waals surface area contributed by atoms with Gasteiger partial charge in [0.15, 0.2) is 11.6 Å². The van der Waals surface area contributed by atoms with E-state index in [0.717, 1.165) is 65.2 Å². The molecule has 7 nitrogen and oxygen atoms in total. The van der Waals surface area contributed by atoms with E-state index in [1.54, 1.807) is 0 Å². The number of thiophene rings is 1. The second kappa shape index (κ2) is 7.60. The third-order valence-electron chi connectivity index (χ3n) is 7.90. The van der Waals surface area contributed by atoms with E-state index < -0.39 is 11.6 Å². The van der Waals surface area contributed by atoms with Crippen LogP contribution in [0.1, 0.15) is 78.9 Å². The summed E-state index contributed by atoms with van der Waals surface area (Å²) in [5.41, 5.74) is 2.06. The molecular weight excluding hydrogens is 440 g/mol. The number of carbonyl (C=O) groups excluding carboxylic acids is 1. The molecule has 2 fully saturated rings. The number of Topliss-reactive ketones (excluding diaryl/α,β-unsaturated/α-hetero) is 1. The first-order valence-corrected chi connectivity index (χ1v) is 12.8. The number of aromatic nitrogens is 2. The fourth-order valence-electron chi connectivity index (χ4n) is 6.04. The molecule has 33 heavy (non-hydrogen) atoms. The maximum atomic E-state index is 13.6. The largest absolute Gasteiger partial charge is 0.478 e. The van der Waals surface area contributed by atoms with Crippen LogP contribution in [0.4, 0.5) is 0 Å². The van der Waals surface area contributed by atoms with Crippen LogP contribution in [0.15, 0.2) is 15.7 Å². The predicted octanol–water partition coefficient (Wildman–Crippen LogP) is 4.23. The molecule has 5 aliphatic carbocycles. The molecule has 2 bridgehead atoms. The summed E-state index contributed by atoms with van der Waals surface area (Å²) < 4.78 is 5.67. The number of hydrogen-bond acceptors (Lipinski definition) is 7. The van der Waals surface area contributed by atoms with E-state index >= 15 is 0 Å². The van der Waals surface area contributed by atoms with Crippen LogP contribution in [0.2, 0.25) is 0 Å². The highest BCUT2D eigenvalue weighted by Gasteiger charge is 2.42. The van der Waals surface area contributed by atoms with Crippen molar-refractivity contribution in [2.24, 2.45) is 11.8 Å². The smallest absolute Gasteiger partial charge is 0.332 e. The Bertz CT molecular complexity index is 1180. The van der Waals surface area contributed by atoms with Gasteiger partial charge in [0.2, 0.25) is 0 Å². The summed E-state index contributed by atoms with van der Waals surface area (Å²) >= 11 is 1.54.